The summed E-state index contributed by atoms with van der Waals surface area (Å²) in [5.74, 6) is 0. The van der Waals surface area contributed by atoms with E-state index in [0.29, 0.717) is 0 Å². The average molecular weight is 826 g/mol. The fraction of sp³-hybridized carbons (Fsp3) is 0.0159. The second-order valence-electron chi connectivity index (χ2n) is 17.5. The van der Waals surface area contributed by atoms with Crippen LogP contribution in [0.25, 0.3) is 88.0 Å². The van der Waals surface area contributed by atoms with E-state index in [2.05, 4.69) is 235 Å². The summed E-state index contributed by atoms with van der Waals surface area (Å²) in [6, 6.07) is 87.1. The van der Waals surface area contributed by atoms with E-state index in [4.69, 9.17) is 4.42 Å². The molecule has 2 nitrogen and oxygen atoms in total. The predicted octanol–water partition coefficient (Wildman–Crippen LogP) is 17.0. The highest BCUT2D eigenvalue weighted by atomic mass is 16.3. The van der Waals surface area contributed by atoms with Gasteiger partial charge in [0.2, 0.25) is 0 Å². The monoisotopic (exact) mass is 825 g/mol. The van der Waals surface area contributed by atoms with E-state index < -0.39 is 5.41 Å². The Bertz CT molecular complexity index is 3840. The van der Waals surface area contributed by atoms with Gasteiger partial charge in [-0.15, -0.1) is 0 Å². The summed E-state index contributed by atoms with van der Waals surface area (Å²) in [6.45, 7) is 0. The lowest BCUT2D eigenvalue weighted by Crippen LogP contribution is -2.26. The molecular weight excluding hydrogens is 787 g/mol. The average Bonchev–Trinajstić information content (AvgIpc) is 4.00. The zero-order valence-electron chi connectivity index (χ0n) is 35.4. The Kier molecular flexibility index (Phi) is 7.64. The third-order valence-electron chi connectivity index (χ3n) is 14.3. The summed E-state index contributed by atoms with van der Waals surface area (Å²) < 4.78 is 6.36. The van der Waals surface area contributed by atoms with E-state index in [9.17, 15) is 0 Å². The number of anilines is 3. The molecule has 2 heteroatoms. The normalized spacial score (nSPS) is 13.0. The minimum atomic E-state index is -0.450. The van der Waals surface area contributed by atoms with Crippen LogP contribution in [0.1, 0.15) is 22.3 Å². The molecule has 0 unspecified atom stereocenters. The van der Waals surface area contributed by atoms with Gasteiger partial charge in [-0.05, 0) is 137 Å². The Morgan fingerprint density at radius 1 is 0.277 bits per heavy atom. The number of para-hydroxylation sites is 1. The van der Waals surface area contributed by atoms with Crippen molar-refractivity contribution in [3.05, 3.63) is 259 Å². The maximum absolute atomic E-state index is 6.36. The number of furan rings is 1. The first-order valence-corrected chi connectivity index (χ1v) is 22.5. The van der Waals surface area contributed by atoms with Gasteiger partial charge in [0.05, 0.1) is 5.41 Å². The van der Waals surface area contributed by atoms with E-state index >= 15 is 0 Å². The van der Waals surface area contributed by atoms with Gasteiger partial charge in [0.25, 0.3) is 0 Å². The topological polar surface area (TPSA) is 16.4 Å². The molecule has 2 aliphatic rings. The highest BCUT2D eigenvalue weighted by Gasteiger charge is 2.51. The summed E-state index contributed by atoms with van der Waals surface area (Å²) in [5, 5.41) is 7.21. The molecule has 0 amide bonds. The van der Waals surface area contributed by atoms with Crippen LogP contribution in [0.2, 0.25) is 0 Å². The highest BCUT2D eigenvalue weighted by Crippen LogP contribution is 2.63. The smallest absolute Gasteiger partial charge is 0.135 e. The van der Waals surface area contributed by atoms with Gasteiger partial charge in [-0.2, -0.15) is 0 Å². The van der Waals surface area contributed by atoms with Crippen molar-refractivity contribution in [2.24, 2.45) is 0 Å². The number of nitrogens with zero attached hydrogens (tertiary/aromatic N) is 1. The van der Waals surface area contributed by atoms with E-state index in [1.807, 2.05) is 6.07 Å². The van der Waals surface area contributed by atoms with Crippen molar-refractivity contribution in [1.82, 2.24) is 0 Å². The molecule has 0 bridgehead atoms. The van der Waals surface area contributed by atoms with Crippen molar-refractivity contribution in [1.29, 1.82) is 0 Å². The van der Waals surface area contributed by atoms with Gasteiger partial charge in [0.15, 0.2) is 0 Å². The van der Waals surface area contributed by atoms with Crippen molar-refractivity contribution in [2.75, 3.05) is 4.90 Å². The van der Waals surface area contributed by atoms with E-state index in [1.165, 1.54) is 88.3 Å². The largest absolute Gasteiger partial charge is 0.456 e. The van der Waals surface area contributed by atoms with E-state index in [-0.39, 0.29) is 0 Å². The van der Waals surface area contributed by atoms with Crippen molar-refractivity contribution in [3.63, 3.8) is 0 Å². The molecule has 0 aliphatic heterocycles. The summed E-state index contributed by atoms with van der Waals surface area (Å²) >= 11 is 0. The molecule has 2 aliphatic carbocycles. The van der Waals surface area contributed by atoms with Gasteiger partial charge >= 0.3 is 0 Å². The van der Waals surface area contributed by atoms with Crippen LogP contribution in [-0.2, 0) is 5.41 Å². The number of rotatable bonds is 5. The van der Waals surface area contributed by atoms with Crippen LogP contribution < -0.4 is 4.90 Å². The number of hydrogen-bond donors (Lipinski definition) is 0. The Morgan fingerprint density at radius 3 is 1.46 bits per heavy atom. The molecule has 12 aromatic rings. The van der Waals surface area contributed by atoms with Crippen molar-refractivity contribution in [2.45, 2.75) is 5.41 Å². The first-order chi connectivity index (χ1) is 32.2. The summed E-state index contributed by atoms with van der Waals surface area (Å²) in [5.41, 5.74) is 20.0. The third-order valence-corrected chi connectivity index (χ3v) is 14.3. The van der Waals surface area contributed by atoms with Crippen LogP contribution in [0.5, 0.6) is 0 Å². The molecule has 0 saturated heterocycles. The number of benzene rings is 11. The van der Waals surface area contributed by atoms with E-state index in [1.54, 1.807) is 0 Å². The zero-order valence-corrected chi connectivity index (χ0v) is 35.4. The predicted molar refractivity (Wildman–Crippen MR) is 271 cm³/mol. The van der Waals surface area contributed by atoms with Gasteiger partial charge in [-0.3, -0.25) is 0 Å². The molecule has 1 aromatic heterocycles. The van der Waals surface area contributed by atoms with Gasteiger partial charge in [0.1, 0.15) is 11.2 Å². The Morgan fingerprint density at radius 2 is 0.738 bits per heavy atom. The molecule has 1 spiro atoms. The first-order valence-electron chi connectivity index (χ1n) is 22.5. The molecule has 0 N–H and O–H groups in total. The van der Waals surface area contributed by atoms with E-state index in [0.717, 1.165) is 39.0 Å². The van der Waals surface area contributed by atoms with Crippen LogP contribution >= 0.6 is 0 Å². The van der Waals surface area contributed by atoms with Gasteiger partial charge in [-0.1, -0.05) is 188 Å². The molecule has 0 atom stereocenters. The molecule has 0 saturated carbocycles. The second-order valence-corrected chi connectivity index (χ2v) is 17.5. The molecule has 14 rings (SSSR count). The first kappa shape index (κ1) is 36.1. The molecule has 0 radical (unpaired) electrons. The molecule has 65 heavy (non-hydrogen) atoms. The quantitative estimate of drug-likeness (QED) is 0.172. The van der Waals surface area contributed by atoms with Crippen LogP contribution in [0.3, 0.4) is 0 Å². The number of fused-ring (bicyclic) bond motifs is 15. The van der Waals surface area contributed by atoms with Crippen LogP contribution in [0.15, 0.2) is 241 Å². The molecular formula is C63H39NO. The maximum Gasteiger partial charge on any atom is 0.135 e. The van der Waals surface area contributed by atoms with Crippen molar-refractivity contribution in [3.8, 4) is 44.5 Å². The maximum atomic E-state index is 6.36. The lowest BCUT2D eigenvalue weighted by molar-refractivity contribution is 0.669. The summed E-state index contributed by atoms with van der Waals surface area (Å²) in [7, 11) is 0. The minimum absolute atomic E-state index is 0.450. The second kappa shape index (κ2) is 13.8. The van der Waals surface area contributed by atoms with Crippen LogP contribution in [-0.4, -0.2) is 0 Å². The molecule has 0 fully saturated rings. The minimum Gasteiger partial charge on any atom is -0.456 e. The standard InChI is InChI=1S/C63H39NO/c1-2-16-45-40(14-1)15-13-23-48(45)50-36-35-46(47-17-3-4-18-49(47)50)41-28-30-42(31-29-41)64(43-33-37-62-56(38-43)55-22-8-12-27-61(55)65-62)44-32-34-54-53-21-7-11-26-59(53)63(60(54)39-44)57-24-9-5-19-51(57)52-20-6-10-25-58(52)63/h1-39H. The van der Waals surface area contributed by atoms with Crippen molar-refractivity contribution < 1.29 is 4.42 Å². The van der Waals surface area contributed by atoms with Crippen LogP contribution in [0, 0.1) is 0 Å². The van der Waals surface area contributed by atoms with Gasteiger partial charge in [0, 0.05) is 27.8 Å². The highest BCUT2D eigenvalue weighted by molar-refractivity contribution is 6.10. The summed E-state index contributed by atoms with van der Waals surface area (Å²) in [6.07, 6.45) is 0. The SMILES string of the molecule is c1ccc2c(c1)-c1ccccc1C21c2ccccc2-c2ccc(N(c3ccc(-c4ccc(-c5cccc6ccccc56)c5ccccc45)cc3)c3ccc4oc5ccccc5c4c3)cc21. The molecule has 302 valence electrons. The van der Waals surface area contributed by atoms with Gasteiger partial charge < -0.3 is 9.32 Å². The fourth-order valence-electron chi connectivity index (χ4n) is 11.6. The molecule has 1 heterocycles. The summed E-state index contributed by atoms with van der Waals surface area (Å²) in [4.78, 5) is 2.43. The Labute approximate surface area is 376 Å². The van der Waals surface area contributed by atoms with Gasteiger partial charge in [-0.25, -0.2) is 0 Å². The molecule has 11 aromatic carbocycles. The third kappa shape index (κ3) is 5.11. The fourth-order valence-corrected chi connectivity index (χ4v) is 11.6. The van der Waals surface area contributed by atoms with Crippen LogP contribution in [0.4, 0.5) is 17.1 Å². The Hall–Kier alpha value is -8.46. The Balaban J connectivity index is 0.958. The van der Waals surface area contributed by atoms with Crippen molar-refractivity contribution >= 4 is 60.5 Å². The number of hydrogen-bond acceptors (Lipinski definition) is 2. The lowest BCUT2D eigenvalue weighted by Gasteiger charge is -2.32. The zero-order chi connectivity index (χ0) is 42.6. The lowest BCUT2D eigenvalue weighted by atomic mass is 9.70.